The van der Waals surface area contributed by atoms with Crippen LogP contribution in [0.4, 0.5) is 13.2 Å². The fourth-order valence-corrected chi connectivity index (χ4v) is 7.24. The lowest BCUT2D eigenvalue weighted by Crippen LogP contribution is -2.50. The van der Waals surface area contributed by atoms with Crippen LogP contribution in [0.2, 0.25) is 0 Å². The minimum atomic E-state index is -6.02. The number of nitrogens with zero attached hydrogens (tertiary/aromatic N) is 2. The van der Waals surface area contributed by atoms with Gasteiger partial charge in [-0.25, -0.2) is 0 Å². The maximum atomic E-state index is 14.4. The van der Waals surface area contributed by atoms with E-state index in [2.05, 4.69) is 4.18 Å². The molecule has 0 aromatic heterocycles. The molecule has 2 heterocycles. The van der Waals surface area contributed by atoms with Crippen molar-refractivity contribution in [2.75, 3.05) is 13.1 Å². The van der Waals surface area contributed by atoms with Crippen LogP contribution >= 0.6 is 0 Å². The van der Waals surface area contributed by atoms with Gasteiger partial charge in [-0.3, -0.25) is 24.1 Å². The minimum Gasteiger partial charge on any atom is -0.461 e. The number of benzene rings is 3. The van der Waals surface area contributed by atoms with Crippen molar-refractivity contribution in [3.63, 3.8) is 0 Å². The van der Waals surface area contributed by atoms with Gasteiger partial charge in [0.1, 0.15) is 12.4 Å². The van der Waals surface area contributed by atoms with Crippen LogP contribution in [0.25, 0.3) is 0 Å². The first kappa shape index (κ1) is 33.2. The van der Waals surface area contributed by atoms with E-state index in [0.717, 1.165) is 16.5 Å². The summed E-state index contributed by atoms with van der Waals surface area (Å²) in [6.07, 6.45) is 2.06. The lowest BCUT2D eigenvalue weighted by Gasteiger charge is -2.42. The zero-order valence-electron chi connectivity index (χ0n) is 25.5. The minimum absolute atomic E-state index is 0.0279. The normalized spacial score (nSPS) is 21.0. The van der Waals surface area contributed by atoms with E-state index >= 15 is 0 Å². The molecule has 0 saturated heterocycles. The molecule has 48 heavy (non-hydrogen) atoms. The van der Waals surface area contributed by atoms with E-state index in [-0.39, 0.29) is 48.4 Å². The number of hydrogen-bond donors (Lipinski definition) is 0. The number of rotatable bonds is 8. The molecule has 3 amide bonds. The Morgan fingerprint density at radius 2 is 1.46 bits per heavy atom. The number of alkyl halides is 3. The highest BCUT2D eigenvalue weighted by atomic mass is 32.2. The Bertz CT molecular complexity index is 1830. The van der Waals surface area contributed by atoms with Crippen LogP contribution in [0.3, 0.4) is 0 Å². The van der Waals surface area contributed by atoms with Crippen LogP contribution in [0.5, 0.6) is 5.75 Å². The average molecular weight is 685 g/mol. The Morgan fingerprint density at radius 3 is 2.10 bits per heavy atom. The van der Waals surface area contributed by atoms with Gasteiger partial charge in [-0.1, -0.05) is 67.4 Å². The molecule has 1 fully saturated rings. The highest BCUT2D eigenvalue weighted by molar-refractivity contribution is 7.88. The van der Waals surface area contributed by atoms with E-state index in [9.17, 15) is 40.8 Å². The fourth-order valence-electron chi connectivity index (χ4n) is 6.76. The average Bonchev–Trinajstić information content (AvgIpc) is 3.31. The van der Waals surface area contributed by atoms with Gasteiger partial charge in [0.2, 0.25) is 5.91 Å². The Hall–Kier alpha value is -4.72. The molecule has 0 bridgehead atoms. The van der Waals surface area contributed by atoms with Crippen molar-refractivity contribution < 1.29 is 49.7 Å². The number of carbonyl (C=O) groups excluding carboxylic acids is 4. The number of hydrogen-bond acceptors (Lipinski definition) is 8. The molecule has 252 valence electrons. The lowest BCUT2D eigenvalue weighted by molar-refractivity contribution is -0.159. The lowest BCUT2D eigenvalue weighted by atomic mass is 9.77. The first-order valence-electron chi connectivity index (χ1n) is 15.5. The van der Waals surface area contributed by atoms with Crippen LogP contribution in [-0.2, 0) is 37.5 Å². The second-order valence-corrected chi connectivity index (χ2v) is 13.5. The quantitative estimate of drug-likeness (QED) is 0.137. The molecule has 3 aromatic carbocycles. The number of fused-ring (bicyclic) bond motifs is 2. The van der Waals surface area contributed by atoms with Crippen LogP contribution < -0.4 is 4.18 Å². The number of halogens is 3. The Kier molecular flexibility index (Phi) is 9.03. The third-order valence-corrected chi connectivity index (χ3v) is 10.1. The number of imide groups is 1. The van der Waals surface area contributed by atoms with Crippen molar-refractivity contribution in [3.8, 4) is 5.75 Å². The molecule has 6 rings (SSSR count). The fraction of sp³-hybridized carbons (Fsp3) is 0.353. The van der Waals surface area contributed by atoms with Gasteiger partial charge >= 0.3 is 21.6 Å². The van der Waals surface area contributed by atoms with Crippen LogP contribution in [0, 0.1) is 11.8 Å². The topological polar surface area (TPSA) is 127 Å². The molecule has 3 aliphatic rings. The van der Waals surface area contributed by atoms with E-state index in [0.29, 0.717) is 25.7 Å². The van der Waals surface area contributed by atoms with Crippen molar-refractivity contribution >= 4 is 33.8 Å². The maximum absolute atomic E-state index is 14.4. The van der Waals surface area contributed by atoms with E-state index in [1.54, 1.807) is 12.1 Å². The first-order valence-corrected chi connectivity index (χ1v) is 16.9. The second-order valence-electron chi connectivity index (χ2n) is 12.0. The van der Waals surface area contributed by atoms with Gasteiger partial charge in [0.05, 0.1) is 35.5 Å². The van der Waals surface area contributed by atoms with Gasteiger partial charge in [0, 0.05) is 12.1 Å². The summed E-state index contributed by atoms with van der Waals surface area (Å²) < 4.78 is 73.8. The molecular weight excluding hydrogens is 653 g/mol. The number of carbonyl (C=O) groups is 4. The summed E-state index contributed by atoms with van der Waals surface area (Å²) in [5, 5.41) is 0. The van der Waals surface area contributed by atoms with Gasteiger partial charge < -0.3 is 13.8 Å². The number of ether oxygens (including phenoxy) is 1. The highest BCUT2D eigenvalue weighted by Crippen LogP contribution is 2.41. The summed E-state index contributed by atoms with van der Waals surface area (Å²) in [7, 11) is -6.02. The SMILES string of the molecule is O=C(OCc1ccccc1)[C@H]1CCCC[C@H]1C(=O)N1CCc2c(OS(=O)(=O)C(F)(F)F)cccc2C1CN1C(=O)c2ccccc2C1=O. The molecule has 1 saturated carbocycles. The Labute approximate surface area is 274 Å². The molecule has 1 aliphatic carbocycles. The predicted molar refractivity (Wildman–Crippen MR) is 164 cm³/mol. The molecular formula is C34H31F3N2O8S. The second kappa shape index (κ2) is 13.1. The molecule has 0 radical (unpaired) electrons. The molecule has 2 aliphatic heterocycles. The summed E-state index contributed by atoms with van der Waals surface area (Å²) in [5.74, 6) is -4.30. The van der Waals surface area contributed by atoms with Gasteiger partial charge in [-0.05, 0) is 48.6 Å². The van der Waals surface area contributed by atoms with Crippen molar-refractivity contribution in [1.29, 1.82) is 0 Å². The Morgan fingerprint density at radius 1 is 0.833 bits per heavy atom. The zero-order chi connectivity index (χ0) is 34.2. The van der Waals surface area contributed by atoms with Crippen LogP contribution in [-0.4, -0.2) is 60.5 Å². The third kappa shape index (κ3) is 6.28. The van der Waals surface area contributed by atoms with Crippen molar-refractivity contribution in [1.82, 2.24) is 9.80 Å². The summed E-state index contributed by atoms with van der Waals surface area (Å²) >= 11 is 0. The van der Waals surface area contributed by atoms with E-state index < -0.39 is 62.9 Å². The molecule has 10 nitrogen and oxygen atoms in total. The number of esters is 1. The van der Waals surface area contributed by atoms with Gasteiger partial charge in [0.25, 0.3) is 11.8 Å². The molecule has 3 atom stereocenters. The Balaban J connectivity index is 1.33. The van der Waals surface area contributed by atoms with Gasteiger partial charge in [-0.2, -0.15) is 21.6 Å². The highest BCUT2D eigenvalue weighted by Gasteiger charge is 2.50. The molecule has 0 spiro atoms. The van der Waals surface area contributed by atoms with Crippen LogP contribution in [0.15, 0.2) is 72.8 Å². The predicted octanol–water partition coefficient (Wildman–Crippen LogP) is 5.19. The smallest absolute Gasteiger partial charge is 0.461 e. The summed E-state index contributed by atoms with van der Waals surface area (Å²) in [6, 6.07) is 18.1. The molecule has 0 N–H and O–H groups in total. The zero-order valence-corrected chi connectivity index (χ0v) is 26.3. The van der Waals surface area contributed by atoms with Crippen molar-refractivity contribution in [2.24, 2.45) is 11.8 Å². The van der Waals surface area contributed by atoms with E-state index in [1.165, 1.54) is 29.2 Å². The van der Waals surface area contributed by atoms with E-state index in [4.69, 9.17) is 4.74 Å². The monoisotopic (exact) mass is 684 g/mol. The third-order valence-electron chi connectivity index (χ3n) is 9.12. The molecule has 1 unspecified atom stereocenters. The molecule has 3 aromatic rings. The first-order chi connectivity index (χ1) is 22.9. The van der Waals surface area contributed by atoms with Gasteiger partial charge in [0.15, 0.2) is 0 Å². The van der Waals surface area contributed by atoms with Crippen molar-refractivity contribution in [3.05, 3.63) is 101 Å². The van der Waals surface area contributed by atoms with Crippen LogP contribution in [0.1, 0.15) is 69.1 Å². The van der Waals surface area contributed by atoms with Crippen molar-refractivity contribution in [2.45, 2.75) is 50.3 Å². The largest absolute Gasteiger partial charge is 0.534 e. The maximum Gasteiger partial charge on any atom is 0.534 e. The summed E-state index contributed by atoms with van der Waals surface area (Å²) in [6.45, 7) is -0.440. The van der Waals surface area contributed by atoms with Gasteiger partial charge in [-0.15, -0.1) is 0 Å². The summed E-state index contributed by atoms with van der Waals surface area (Å²) in [4.78, 5) is 56.9. The number of amides is 3. The van der Waals surface area contributed by atoms with E-state index in [1.807, 2.05) is 30.3 Å². The molecule has 14 heteroatoms. The summed E-state index contributed by atoms with van der Waals surface area (Å²) in [5.41, 5.74) is -4.25. The standard InChI is InChI=1S/C34H31F3N2O8S/c35-34(36,37)48(44,45)47-29-16-8-15-22-23(29)17-18-38(28(22)19-39-31(41)24-11-4-5-12-25(24)32(39)42)30(40)26-13-6-7-14-27(26)33(43)46-20-21-9-2-1-3-10-21/h1-5,8-12,15-16,26-28H,6-7,13-14,17-20H2/t26-,27+,28?/m1/s1.